The smallest absolute Gasteiger partial charge is 0.394 e. The molecule has 0 unspecified atom stereocenters. The largest absolute Gasteiger partial charge is 0.416 e. The normalized spacial score (nSPS) is 25.5. The Hall–Kier alpha value is -3.63. The summed E-state index contributed by atoms with van der Waals surface area (Å²) in [6.45, 7) is 0.534. The zero-order valence-corrected chi connectivity index (χ0v) is 20.2. The summed E-state index contributed by atoms with van der Waals surface area (Å²) in [5, 5.41) is 40.6. The highest BCUT2D eigenvalue weighted by molar-refractivity contribution is 5.87. The van der Waals surface area contributed by atoms with E-state index in [4.69, 9.17) is 9.47 Å². The molecule has 0 amide bonds. The van der Waals surface area contributed by atoms with Crippen LogP contribution in [0.3, 0.4) is 0 Å². The van der Waals surface area contributed by atoms with Gasteiger partial charge in [-0.2, -0.15) is 18.3 Å². The number of fused-ring (bicyclic) bond motifs is 1. The van der Waals surface area contributed by atoms with Crippen molar-refractivity contribution < 1.29 is 38.0 Å². The summed E-state index contributed by atoms with van der Waals surface area (Å²) in [7, 11) is 0. The highest BCUT2D eigenvalue weighted by Gasteiger charge is 2.44. The third-order valence-electron chi connectivity index (χ3n) is 6.87. The highest BCUT2D eigenvalue weighted by atomic mass is 19.4. The molecule has 2 saturated heterocycles. The van der Waals surface area contributed by atoms with Crippen LogP contribution in [0.2, 0.25) is 0 Å². The van der Waals surface area contributed by atoms with Crippen molar-refractivity contribution in [1.29, 1.82) is 0 Å². The molecule has 0 spiro atoms. The molecule has 2 aliphatic rings. The summed E-state index contributed by atoms with van der Waals surface area (Å²) in [5.41, 5.74) is 1.12. The van der Waals surface area contributed by atoms with Crippen molar-refractivity contribution in [2.75, 3.05) is 25.1 Å². The van der Waals surface area contributed by atoms with Crippen molar-refractivity contribution in [2.45, 2.75) is 43.2 Å². The maximum Gasteiger partial charge on any atom is 0.416 e. The van der Waals surface area contributed by atoms with Crippen molar-refractivity contribution >= 4 is 17.0 Å². The van der Waals surface area contributed by atoms with Gasteiger partial charge in [0.1, 0.15) is 24.0 Å². The molecule has 39 heavy (non-hydrogen) atoms. The number of H-pyrrole nitrogens is 1. The number of aliphatic hydroxyl groups excluding tert-OH is 3. The van der Waals surface area contributed by atoms with Crippen LogP contribution < -0.4 is 5.32 Å². The number of hydrogen-bond acceptors (Lipinski definition) is 10. The van der Waals surface area contributed by atoms with Gasteiger partial charge in [-0.05, 0) is 24.1 Å². The van der Waals surface area contributed by atoms with Gasteiger partial charge in [0.25, 0.3) is 0 Å². The first-order valence-corrected chi connectivity index (χ1v) is 12.2. The Labute approximate surface area is 218 Å². The molecule has 0 bridgehead atoms. The second-order valence-corrected chi connectivity index (χ2v) is 9.39. The van der Waals surface area contributed by atoms with E-state index in [-0.39, 0.29) is 17.5 Å². The van der Waals surface area contributed by atoms with Crippen LogP contribution in [0.25, 0.3) is 33.8 Å². The van der Waals surface area contributed by atoms with Gasteiger partial charge in [-0.1, -0.05) is 12.1 Å². The Balaban J connectivity index is 1.45. The van der Waals surface area contributed by atoms with E-state index < -0.39 is 42.9 Å². The van der Waals surface area contributed by atoms with Gasteiger partial charge in [-0.15, -0.1) is 0 Å². The number of aromatic amines is 1. The van der Waals surface area contributed by atoms with Gasteiger partial charge in [0.05, 0.1) is 37.3 Å². The van der Waals surface area contributed by atoms with Crippen molar-refractivity contribution in [2.24, 2.45) is 0 Å². The molecule has 5 heterocycles. The molecule has 3 aromatic heterocycles. The van der Waals surface area contributed by atoms with Gasteiger partial charge in [0.15, 0.2) is 29.0 Å². The fraction of sp³-hybridized carbons (Fsp3) is 0.417. The third-order valence-corrected chi connectivity index (χ3v) is 6.87. The minimum atomic E-state index is -4.47. The lowest BCUT2D eigenvalue weighted by Gasteiger charge is -2.17. The lowest BCUT2D eigenvalue weighted by atomic mass is 10.0. The minimum absolute atomic E-state index is 0.0498. The number of aliphatic hydroxyl groups is 3. The van der Waals surface area contributed by atoms with E-state index in [1.165, 1.54) is 29.2 Å². The lowest BCUT2D eigenvalue weighted by Crippen LogP contribution is -2.33. The van der Waals surface area contributed by atoms with Gasteiger partial charge in [0, 0.05) is 12.2 Å². The molecule has 0 saturated carbocycles. The minimum Gasteiger partial charge on any atom is -0.394 e. The average molecular weight is 547 g/mol. The second kappa shape index (κ2) is 9.84. The summed E-state index contributed by atoms with van der Waals surface area (Å²) in [6.07, 6.45) is -5.67. The Morgan fingerprint density at radius 3 is 2.59 bits per heavy atom. The van der Waals surface area contributed by atoms with Crippen LogP contribution in [-0.4, -0.2) is 89.2 Å². The van der Waals surface area contributed by atoms with E-state index in [0.29, 0.717) is 41.4 Å². The summed E-state index contributed by atoms with van der Waals surface area (Å²) in [5.74, 6) is 0.522. The molecule has 5 N–H and O–H groups in total. The number of imidazole rings is 1. The fourth-order valence-electron chi connectivity index (χ4n) is 4.78. The van der Waals surface area contributed by atoms with Gasteiger partial charge in [-0.25, -0.2) is 15.0 Å². The number of ether oxygens (including phenoxy) is 2. The molecule has 4 aromatic rings. The molecule has 0 aliphatic carbocycles. The van der Waals surface area contributed by atoms with Crippen LogP contribution in [-0.2, 0) is 15.7 Å². The van der Waals surface area contributed by atoms with Crippen LogP contribution in [0.15, 0.2) is 36.8 Å². The van der Waals surface area contributed by atoms with Crippen LogP contribution in [0.5, 0.6) is 0 Å². The third kappa shape index (κ3) is 4.61. The Morgan fingerprint density at radius 1 is 1.13 bits per heavy atom. The van der Waals surface area contributed by atoms with E-state index in [1.807, 2.05) is 0 Å². The lowest BCUT2D eigenvalue weighted by molar-refractivity contribution is -0.137. The molecule has 2 fully saturated rings. The van der Waals surface area contributed by atoms with E-state index >= 15 is 0 Å². The number of benzene rings is 1. The first kappa shape index (κ1) is 25.6. The van der Waals surface area contributed by atoms with Gasteiger partial charge >= 0.3 is 6.18 Å². The molecule has 15 heteroatoms. The maximum atomic E-state index is 13.1. The number of hydrogen-bond donors (Lipinski definition) is 5. The Kier molecular flexibility index (Phi) is 6.47. The standard InChI is InChI=1S/C24H24F3N7O5/c25-24(26,27)12-3-1-11(2-4-12)14-7-29-33-16(14)20-31-21(30-13-5-6-38-9-13)17-22(32-20)34(10-28-17)23-19(37)18(36)15(8-35)39-23/h1-4,7,10,13,15,18-19,23,35-37H,5-6,8-9H2,(H,29,33)(H,30,31,32)/t13-,15-,18-,19-,23-/m1/s1. The average Bonchev–Trinajstić information content (AvgIpc) is 3.72. The predicted molar refractivity (Wildman–Crippen MR) is 129 cm³/mol. The zero-order valence-electron chi connectivity index (χ0n) is 20.2. The van der Waals surface area contributed by atoms with Crippen molar-refractivity contribution in [3.63, 3.8) is 0 Å². The quantitative estimate of drug-likeness (QED) is 0.240. The van der Waals surface area contributed by atoms with Crippen molar-refractivity contribution in [3.05, 3.63) is 42.4 Å². The number of rotatable bonds is 6. The maximum absolute atomic E-state index is 13.1. The first-order valence-electron chi connectivity index (χ1n) is 12.2. The van der Waals surface area contributed by atoms with E-state index in [9.17, 15) is 28.5 Å². The Bertz CT molecular complexity index is 1470. The molecular weight excluding hydrogens is 523 g/mol. The van der Waals surface area contributed by atoms with Gasteiger partial charge < -0.3 is 30.1 Å². The van der Waals surface area contributed by atoms with Gasteiger partial charge in [0.2, 0.25) is 0 Å². The summed E-state index contributed by atoms with van der Waals surface area (Å²) in [6, 6.07) is 4.61. The van der Waals surface area contributed by atoms with E-state index in [0.717, 1.165) is 18.6 Å². The highest BCUT2D eigenvalue weighted by Crippen LogP contribution is 2.36. The van der Waals surface area contributed by atoms with Crippen molar-refractivity contribution in [3.8, 4) is 22.6 Å². The number of nitrogens with zero attached hydrogens (tertiary/aromatic N) is 5. The Morgan fingerprint density at radius 2 is 1.92 bits per heavy atom. The van der Waals surface area contributed by atoms with Crippen LogP contribution in [0.4, 0.5) is 19.0 Å². The van der Waals surface area contributed by atoms with E-state index in [2.05, 4.69) is 30.5 Å². The second-order valence-electron chi connectivity index (χ2n) is 9.39. The predicted octanol–water partition coefficient (Wildman–Crippen LogP) is 1.71. The molecule has 0 radical (unpaired) electrons. The van der Waals surface area contributed by atoms with Crippen molar-refractivity contribution in [1.82, 2.24) is 29.7 Å². The molecule has 5 atom stereocenters. The van der Waals surface area contributed by atoms with Crippen LogP contribution >= 0.6 is 0 Å². The van der Waals surface area contributed by atoms with Gasteiger partial charge in [-0.3, -0.25) is 9.67 Å². The number of alkyl halides is 3. The molecular formula is C24H24F3N7O5. The SMILES string of the molecule is OC[C@H]1O[C@@H](n2cnc3c(N[C@@H]4CCOC4)nc(-c4[nH]ncc4-c4ccc(C(F)(F)F)cc4)nc32)[C@H](O)[C@@H]1O. The fourth-order valence-corrected chi connectivity index (χ4v) is 4.78. The number of halogens is 3. The number of nitrogens with one attached hydrogen (secondary N) is 2. The summed E-state index contributed by atoms with van der Waals surface area (Å²) >= 11 is 0. The molecule has 2 aliphatic heterocycles. The monoisotopic (exact) mass is 547 g/mol. The number of aromatic nitrogens is 6. The molecule has 206 valence electrons. The van der Waals surface area contributed by atoms with Crippen LogP contribution in [0.1, 0.15) is 18.2 Å². The molecule has 12 nitrogen and oxygen atoms in total. The summed E-state index contributed by atoms with van der Waals surface area (Å²) in [4.78, 5) is 13.7. The first-order chi connectivity index (χ1) is 18.7. The number of anilines is 1. The van der Waals surface area contributed by atoms with E-state index in [1.54, 1.807) is 0 Å². The topological polar surface area (TPSA) is 163 Å². The zero-order chi connectivity index (χ0) is 27.3. The van der Waals surface area contributed by atoms with Crippen LogP contribution in [0, 0.1) is 0 Å². The molecule has 6 rings (SSSR count). The summed E-state index contributed by atoms with van der Waals surface area (Å²) < 4.78 is 51.8. The molecule has 1 aromatic carbocycles.